The first-order valence-corrected chi connectivity index (χ1v) is 5.16. The molecular formula is C10H9BrF2MnN-. The molecule has 1 saturated carbocycles. The fourth-order valence-electron chi connectivity index (χ4n) is 1.48. The van der Waals surface area contributed by atoms with Crippen molar-refractivity contribution in [1.82, 2.24) is 0 Å². The number of benzene rings is 1. The molecule has 1 N–H and O–H groups in total. The van der Waals surface area contributed by atoms with Gasteiger partial charge in [-0.1, -0.05) is 10.2 Å². The van der Waals surface area contributed by atoms with Crippen molar-refractivity contribution in [3.8, 4) is 0 Å². The number of halogens is 3. The predicted octanol–water partition coefficient (Wildman–Crippen LogP) is 3.46. The van der Waals surface area contributed by atoms with E-state index in [1.165, 1.54) is 0 Å². The Kier molecular flexibility index (Phi) is 4.15. The molecule has 0 unspecified atom stereocenters. The molecule has 1 aromatic rings. The minimum atomic E-state index is -2.47. The summed E-state index contributed by atoms with van der Waals surface area (Å²) in [4.78, 5) is 0. The SMILES string of the molecule is FC1(F)CC(Nc2[c-]cc(Br)cc2)C1.[Mn]. The minimum Gasteiger partial charge on any atom is -0.404 e. The zero-order valence-electron chi connectivity index (χ0n) is 7.74. The van der Waals surface area contributed by atoms with Crippen molar-refractivity contribution in [2.24, 2.45) is 0 Å². The second-order valence-corrected chi connectivity index (χ2v) is 4.44. The van der Waals surface area contributed by atoms with Gasteiger partial charge >= 0.3 is 0 Å². The standard InChI is InChI=1S/C10H9BrF2N.Mn/c11-7-1-3-8(4-2-7)14-9-5-10(12,13)6-9;/h1-3,9,14H,5-6H2;/q-1;. The maximum Gasteiger partial charge on any atom is 0.252 e. The Bertz CT molecular complexity index is 321. The van der Waals surface area contributed by atoms with Crippen LogP contribution in [-0.2, 0) is 17.1 Å². The molecule has 1 nitrogen and oxygen atoms in total. The molecule has 0 amide bonds. The summed E-state index contributed by atoms with van der Waals surface area (Å²) in [7, 11) is 0. The predicted molar refractivity (Wildman–Crippen MR) is 54.6 cm³/mol. The zero-order chi connectivity index (χ0) is 10.2. The molecule has 5 heteroatoms. The van der Waals surface area contributed by atoms with Crippen LogP contribution in [0.5, 0.6) is 0 Å². The summed E-state index contributed by atoms with van der Waals surface area (Å²) in [5, 5.41) is 3.00. The number of anilines is 1. The molecule has 0 atom stereocenters. The summed E-state index contributed by atoms with van der Waals surface area (Å²) in [5.74, 6) is -2.47. The number of alkyl halides is 2. The second-order valence-electron chi connectivity index (χ2n) is 3.53. The van der Waals surface area contributed by atoms with Crippen molar-refractivity contribution >= 4 is 21.6 Å². The maximum absolute atomic E-state index is 12.5. The van der Waals surface area contributed by atoms with Crippen LogP contribution >= 0.6 is 15.9 Å². The van der Waals surface area contributed by atoms with E-state index in [1.807, 2.05) is 12.1 Å². The van der Waals surface area contributed by atoms with Crippen LogP contribution in [0.4, 0.5) is 14.5 Å². The monoisotopic (exact) mass is 315 g/mol. The van der Waals surface area contributed by atoms with Gasteiger partial charge < -0.3 is 5.32 Å². The zero-order valence-corrected chi connectivity index (χ0v) is 10.5. The minimum absolute atomic E-state index is 0. The van der Waals surface area contributed by atoms with Gasteiger partial charge in [0.2, 0.25) is 0 Å². The van der Waals surface area contributed by atoms with Gasteiger partial charge in [0.1, 0.15) is 0 Å². The molecule has 1 aliphatic rings. The van der Waals surface area contributed by atoms with Crippen molar-refractivity contribution in [2.45, 2.75) is 24.8 Å². The van der Waals surface area contributed by atoms with E-state index in [2.05, 4.69) is 27.3 Å². The van der Waals surface area contributed by atoms with Crippen LogP contribution in [0.15, 0.2) is 22.7 Å². The Labute approximate surface area is 106 Å². The van der Waals surface area contributed by atoms with Crippen LogP contribution in [0.25, 0.3) is 0 Å². The maximum atomic E-state index is 12.5. The van der Waals surface area contributed by atoms with Crippen LogP contribution in [0.3, 0.4) is 0 Å². The molecular weight excluding hydrogens is 307 g/mol. The van der Waals surface area contributed by atoms with Gasteiger partial charge in [-0.2, -0.15) is 18.2 Å². The van der Waals surface area contributed by atoms with Gasteiger partial charge in [0, 0.05) is 36.0 Å². The smallest absolute Gasteiger partial charge is 0.252 e. The van der Waals surface area contributed by atoms with Crippen LogP contribution < -0.4 is 5.32 Å². The van der Waals surface area contributed by atoms with Crippen LogP contribution in [0.1, 0.15) is 12.8 Å². The fourth-order valence-corrected chi connectivity index (χ4v) is 1.73. The molecule has 0 aliphatic heterocycles. The van der Waals surface area contributed by atoms with Crippen LogP contribution in [-0.4, -0.2) is 12.0 Å². The number of hydrogen-bond donors (Lipinski definition) is 1. The van der Waals surface area contributed by atoms with Gasteiger partial charge in [-0.15, -0.1) is 22.0 Å². The van der Waals surface area contributed by atoms with Gasteiger partial charge in [0.15, 0.2) is 0 Å². The Morgan fingerprint density at radius 3 is 2.53 bits per heavy atom. The summed E-state index contributed by atoms with van der Waals surface area (Å²) in [5.41, 5.74) is 0.772. The van der Waals surface area contributed by atoms with E-state index >= 15 is 0 Å². The first-order valence-electron chi connectivity index (χ1n) is 4.37. The molecule has 0 bridgehead atoms. The van der Waals surface area contributed by atoms with Crippen molar-refractivity contribution in [3.63, 3.8) is 0 Å². The Morgan fingerprint density at radius 2 is 2.07 bits per heavy atom. The number of rotatable bonds is 2. The quantitative estimate of drug-likeness (QED) is 0.651. The average molecular weight is 316 g/mol. The van der Waals surface area contributed by atoms with Gasteiger partial charge in [0.05, 0.1) is 0 Å². The fraction of sp³-hybridized carbons (Fsp3) is 0.400. The summed E-state index contributed by atoms with van der Waals surface area (Å²) in [6, 6.07) is 8.29. The Balaban J connectivity index is 0.00000112. The van der Waals surface area contributed by atoms with Crippen molar-refractivity contribution in [2.75, 3.05) is 5.32 Å². The molecule has 1 aromatic carbocycles. The number of hydrogen-bond acceptors (Lipinski definition) is 1. The third kappa shape index (κ3) is 3.43. The largest absolute Gasteiger partial charge is 0.404 e. The van der Waals surface area contributed by atoms with E-state index in [9.17, 15) is 8.78 Å². The topological polar surface area (TPSA) is 12.0 Å². The van der Waals surface area contributed by atoms with Crippen molar-refractivity contribution < 1.29 is 25.8 Å². The van der Waals surface area contributed by atoms with Gasteiger partial charge in [-0.3, -0.25) is 0 Å². The molecule has 2 rings (SSSR count). The molecule has 0 aromatic heterocycles. The van der Waals surface area contributed by atoms with Gasteiger partial charge in [-0.05, 0) is 0 Å². The first-order chi connectivity index (χ1) is 6.55. The van der Waals surface area contributed by atoms with E-state index in [-0.39, 0.29) is 36.0 Å². The summed E-state index contributed by atoms with van der Waals surface area (Å²) >= 11 is 3.28. The molecule has 0 spiro atoms. The molecule has 1 fully saturated rings. The molecule has 0 heterocycles. The summed E-state index contributed by atoms with van der Waals surface area (Å²) < 4.78 is 25.9. The normalized spacial score (nSPS) is 18.9. The third-order valence-corrected chi connectivity index (χ3v) is 2.72. The number of nitrogens with one attached hydrogen (secondary N) is 1. The summed E-state index contributed by atoms with van der Waals surface area (Å²) in [6.45, 7) is 0. The van der Waals surface area contributed by atoms with E-state index in [4.69, 9.17) is 0 Å². The van der Waals surface area contributed by atoms with E-state index in [1.54, 1.807) is 6.07 Å². The Hall–Kier alpha value is -0.121. The summed E-state index contributed by atoms with van der Waals surface area (Å²) in [6.07, 6.45) is -0.145. The molecule has 83 valence electrons. The molecule has 0 saturated heterocycles. The van der Waals surface area contributed by atoms with Crippen molar-refractivity contribution in [3.05, 3.63) is 28.7 Å². The van der Waals surface area contributed by atoms with Crippen LogP contribution in [0, 0.1) is 6.07 Å². The Morgan fingerprint density at radius 1 is 1.40 bits per heavy atom. The average Bonchev–Trinajstić information content (AvgIpc) is 2.06. The van der Waals surface area contributed by atoms with E-state index in [0.29, 0.717) is 0 Å². The van der Waals surface area contributed by atoms with Crippen molar-refractivity contribution in [1.29, 1.82) is 0 Å². The first kappa shape index (κ1) is 12.9. The van der Waals surface area contributed by atoms with E-state index < -0.39 is 5.92 Å². The van der Waals surface area contributed by atoms with Crippen LogP contribution in [0.2, 0.25) is 0 Å². The second kappa shape index (κ2) is 4.81. The van der Waals surface area contributed by atoms with Gasteiger partial charge in [-0.25, -0.2) is 8.78 Å². The third-order valence-electron chi connectivity index (χ3n) is 2.22. The van der Waals surface area contributed by atoms with Gasteiger partial charge in [0.25, 0.3) is 5.92 Å². The van der Waals surface area contributed by atoms with E-state index in [0.717, 1.165) is 10.2 Å². The molecule has 15 heavy (non-hydrogen) atoms. The molecule has 1 radical (unpaired) electrons. The molecule has 1 aliphatic carbocycles.